The van der Waals surface area contributed by atoms with E-state index < -0.39 is 24.0 Å². The minimum Gasteiger partial charge on any atom is -0.480 e. The maximum absolute atomic E-state index is 13.4. The summed E-state index contributed by atoms with van der Waals surface area (Å²) in [7, 11) is 0. The van der Waals surface area contributed by atoms with Gasteiger partial charge in [0, 0.05) is 18.5 Å². The topological polar surface area (TPSA) is 95.9 Å². The lowest BCUT2D eigenvalue weighted by molar-refractivity contribution is -0.154. The monoisotopic (exact) mass is 476 g/mol. The van der Waals surface area contributed by atoms with Crippen molar-refractivity contribution < 1.29 is 24.2 Å². The number of ether oxygens (including phenoxy) is 1. The van der Waals surface area contributed by atoms with Gasteiger partial charge in [0.15, 0.2) is 0 Å². The van der Waals surface area contributed by atoms with Crippen molar-refractivity contribution in [2.75, 3.05) is 13.2 Å². The maximum Gasteiger partial charge on any atom is 0.407 e. The molecule has 1 heterocycles. The lowest BCUT2D eigenvalue weighted by Crippen LogP contribution is -2.55. The first-order valence-electron chi connectivity index (χ1n) is 12.7. The summed E-state index contributed by atoms with van der Waals surface area (Å²) in [5.74, 6) is -1.54. The van der Waals surface area contributed by atoms with Crippen molar-refractivity contribution in [3.8, 4) is 11.1 Å². The first-order valence-corrected chi connectivity index (χ1v) is 12.7. The normalized spacial score (nSPS) is 23.8. The molecule has 0 unspecified atom stereocenters. The number of hydrogen-bond acceptors (Lipinski definition) is 4. The van der Waals surface area contributed by atoms with Crippen LogP contribution in [0.25, 0.3) is 11.1 Å². The van der Waals surface area contributed by atoms with Crippen molar-refractivity contribution in [1.82, 2.24) is 10.2 Å². The molecule has 2 amide bonds. The number of fused-ring (bicyclic) bond motifs is 3. The Morgan fingerprint density at radius 2 is 1.51 bits per heavy atom. The van der Waals surface area contributed by atoms with Crippen molar-refractivity contribution in [2.24, 2.45) is 5.92 Å². The molecule has 1 aliphatic heterocycles. The van der Waals surface area contributed by atoms with Crippen LogP contribution in [0.2, 0.25) is 0 Å². The van der Waals surface area contributed by atoms with Crippen LogP contribution in [0, 0.1) is 5.92 Å². The van der Waals surface area contributed by atoms with E-state index in [1.54, 1.807) is 0 Å². The van der Waals surface area contributed by atoms with Crippen LogP contribution in [0.15, 0.2) is 48.5 Å². The fourth-order valence-electron chi connectivity index (χ4n) is 6.06. The Hall–Kier alpha value is -3.35. The number of carboxylic acid groups (broad SMARTS) is 1. The Labute approximate surface area is 205 Å². The molecule has 2 aromatic carbocycles. The van der Waals surface area contributed by atoms with Crippen molar-refractivity contribution >= 4 is 18.0 Å². The zero-order valence-electron chi connectivity index (χ0n) is 19.8. The highest BCUT2D eigenvalue weighted by atomic mass is 16.5. The first kappa shape index (κ1) is 23.4. The highest BCUT2D eigenvalue weighted by Crippen LogP contribution is 2.44. The molecule has 2 aromatic rings. The molecular formula is C28H32N2O5. The van der Waals surface area contributed by atoms with Crippen LogP contribution in [0.1, 0.15) is 62.0 Å². The average molecular weight is 477 g/mol. The van der Waals surface area contributed by atoms with E-state index in [4.69, 9.17) is 4.74 Å². The molecule has 1 saturated carbocycles. The molecule has 3 atom stereocenters. The molecular weight excluding hydrogens is 444 g/mol. The van der Waals surface area contributed by atoms with Crippen LogP contribution in [-0.4, -0.2) is 53.2 Å². The summed E-state index contributed by atoms with van der Waals surface area (Å²) in [5.41, 5.74) is 4.64. The minimum atomic E-state index is -0.949. The molecule has 5 rings (SSSR count). The molecule has 0 aromatic heterocycles. The number of alkyl carbamates (subject to hydrolysis) is 1. The summed E-state index contributed by atoms with van der Waals surface area (Å²) in [6, 6.07) is 15.3. The molecule has 0 radical (unpaired) electrons. The predicted octanol–water partition coefficient (Wildman–Crippen LogP) is 4.55. The van der Waals surface area contributed by atoms with Gasteiger partial charge in [0.2, 0.25) is 5.91 Å². The van der Waals surface area contributed by atoms with Gasteiger partial charge in [-0.15, -0.1) is 0 Å². The summed E-state index contributed by atoms with van der Waals surface area (Å²) in [6.07, 6.45) is 4.73. The SMILES string of the molecule is O=C(N[C@H]1CCCC[C@H]1C(=O)N1CCCC[C@H]1C(=O)O)OCC1c2ccccc2-c2ccccc21. The van der Waals surface area contributed by atoms with Crippen LogP contribution in [0.3, 0.4) is 0 Å². The minimum absolute atomic E-state index is 0.0263. The third-order valence-corrected chi connectivity index (χ3v) is 7.80. The summed E-state index contributed by atoms with van der Waals surface area (Å²) in [4.78, 5) is 39.5. The van der Waals surface area contributed by atoms with Gasteiger partial charge in [0.25, 0.3) is 0 Å². The number of carboxylic acids is 1. The molecule has 2 N–H and O–H groups in total. The van der Waals surface area contributed by atoms with Gasteiger partial charge >= 0.3 is 12.1 Å². The Morgan fingerprint density at radius 1 is 0.886 bits per heavy atom. The molecule has 2 aliphatic carbocycles. The molecule has 35 heavy (non-hydrogen) atoms. The maximum atomic E-state index is 13.4. The van der Waals surface area contributed by atoms with Crippen LogP contribution in [-0.2, 0) is 14.3 Å². The number of hydrogen-bond donors (Lipinski definition) is 2. The summed E-state index contributed by atoms with van der Waals surface area (Å²) in [6.45, 7) is 0.683. The number of carbonyl (C=O) groups excluding carboxylic acids is 2. The van der Waals surface area contributed by atoms with Gasteiger partial charge in [-0.25, -0.2) is 9.59 Å². The average Bonchev–Trinajstić information content (AvgIpc) is 3.21. The largest absolute Gasteiger partial charge is 0.480 e. The second-order valence-electron chi connectivity index (χ2n) is 9.85. The summed E-state index contributed by atoms with van der Waals surface area (Å²) < 4.78 is 5.71. The third kappa shape index (κ3) is 4.64. The van der Waals surface area contributed by atoms with E-state index in [1.165, 1.54) is 16.0 Å². The Morgan fingerprint density at radius 3 is 2.20 bits per heavy atom. The van der Waals surface area contributed by atoms with Gasteiger partial charge in [-0.2, -0.15) is 0 Å². The van der Waals surface area contributed by atoms with Gasteiger partial charge in [-0.05, 0) is 54.4 Å². The van der Waals surface area contributed by atoms with E-state index in [0.717, 1.165) is 36.8 Å². The van der Waals surface area contributed by atoms with Crippen molar-refractivity contribution in [3.05, 3.63) is 59.7 Å². The van der Waals surface area contributed by atoms with Gasteiger partial charge in [0.1, 0.15) is 12.6 Å². The van der Waals surface area contributed by atoms with Gasteiger partial charge < -0.3 is 20.1 Å². The first-order chi connectivity index (χ1) is 17.0. The Kier molecular flexibility index (Phi) is 6.75. The highest BCUT2D eigenvalue weighted by Gasteiger charge is 2.40. The summed E-state index contributed by atoms with van der Waals surface area (Å²) >= 11 is 0. The molecule has 1 saturated heterocycles. The number of rotatable bonds is 5. The number of piperidine rings is 1. The number of nitrogens with one attached hydrogen (secondary N) is 1. The number of carbonyl (C=O) groups is 3. The fourth-order valence-corrected chi connectivity index (χ4v) is 6.06. The highest BCUT2D eigenvalue weighted by molar-refractivity contribution is 5.86. The van der Waals surface area contributed by atoms with Crippen LogP contribution in [0.5, 0.6) is 0 Å². The number of benzene rings is 2. The van der Waals surface area contributed by atoms with Gasteiger partial charge in [-0.3, -0.25) is 4.79 Å². The predicted molar refractivity (Wildman–Crippen MR) is 131 cm³/mol. The van der Waals surface area contributed by atoms with E-state index in [9.17, 15) is 19.5 Å². The van der Waals surface area contributed by atoms with Crippen LogP contribution >= 0.6 is 0 Å². The molecule has 7 heteroatoms. The molecule has 3 aliphatic rings. The Bertz CT molecular complexity index is 1070. The quantitative estimate of drug-likeness (QED) is 0.660. The van der Waals surface area contributed by atoms with Crippen molar-refractivity contribution in [2.45, 2.75) is 62.9 Å². The van der Waals surface area contributed by atoms with Crippen molar-refractivity contribution in [1.29, 1.82) is 0 Å². The molecule has 2 fully saturated rings. The molecule has 184 valence electrons. The lowest BCUT2D eigenvalue weighted by atomic mass is 9.82. The Balaban J connectivity index is 1.25. The van der Waals surface area contributed by atoms with E-state index in [2.05, 4.69) is 29.6 Å². The van der Waals surface area contributed by atoms with E-state index in [-0.39, 0.29) is 24.5 Å². The lowest BCUT2D eigenvalue weighted by Gasteiger charge is -2.39. The van der Waals surface area contributed by atoms with E-state index >= 15 is 0 Å². The molecule has 0 spiro atoms. The number of aliphatic carboxylic acids is 1. The van der Waals surface area contributed by atoms with Gasteiger partial charge in [-0.1, -0.05) is 61.4 Å². The third-order valence-electron chi connectivity index (χ3n) is 7.80. The van der Waals surface area contributed by atoms with E-state index in [0.29, 0.717) is 25.8 Å². The van der Waals surface area contributed by atoms with Gasteiger partial charge in [0.05, 0.1) is 5.92 Å². The van der Waals surface area contributed by atoms with E-state index in [1.807, 2.05) is 24.3 Å². The molecule has 0 bridgehead atoms. The number of likely N-dealkylation sites (tertiary alicyclic amines) is 1. The second-order valence-corrected chi connectivity index (χ2v) is 9.85. The fraction of sp³-hybridized carbons (Fsp3) is 0.464. The van der Waals surface area contributed by atoms with Crippen molar-refractivity contribution in [3.63, 3.8) is 0 Å². The standard InChI is InChI=1S/C28H32N2O5/c31-26(30-16-8-7-15-25(30)27(32)33)22-13-5-6-14-24(22)29-28(34)35-17-23-20-11-3-1-9-18(20)19-10-2-4-12-21(19)23/h1-4,9-12,22-25H,5-8,13-17H2,(H,29,34)(H,32,33)/t22-,24+,25+/m1/s1. The van der Waals surface area contributed by atoms with Crippen LogP contribution < -0.4 is 5.32 Å². The molecule has 7 nitrogen and oxygen atoms in total. The summed E-state index contributed by atoms with van der Waals surface area (Å²) in [5, 5.41) is 12.5. The van der Waals surface area contributed by atoms with Crippen LogP contribution in [0.4, 0.5) is 4.79 Å². The smallest absolute Gasteiger partial charge is 0.407 e. The second kappa shape index (κ2) is 10.1. The number of amides is 2. The number of nitrogens with zero attached hydrogens (tertiary/aromatic N) is 1. The zero-order chi connectivity index (χ0) is 24.4. The zero-order valence-corrected chi connectivity index (χ0v) is 19.8.